The Balaban J connectivity index is 1.70. The molecule has 1 saturated carbocycles. The molecule has 1 heterocycles. The molecule has 19 heavy (non-hydrogen) atoms. The molecule has 110 valence electrons. The van der Waals surface area contributed by atoms with Crippen LogP contribution in [0.3, 0.4) is 0 Å². The van der Waals surface area contributed by atoms with E-state index >= 15 is 0 Å². The van der Waals surface area contributed by atoms with Crippen LogP contribution in [-0.2, 0) is 14.3 Å². The second-order valence-electron chi connectivity index (χ2n) is 5.31. The Bertz CT molecular complexity index is 296. The molecule has 0 aromatic rings. The standard InChI is InChI=1S/C14H25NO3S/c1-3-17-14(16)12(15-11-4-5-11)7-9-19-13-6-8-18-10(13)2/h10-13,15H,3-9H2,1-2H3. The first-order chi connectivity index (χ1) is 9.20. The summed E-state index contributed by atoms with van der Waals surface area (Å²) in [7, 11) is 0. The maximum absolute atomic E-state index is 11.9. The van der Waals surface area contributed by atoms with Gasteiger partial charge >= 0.3 is 5.97 Å². The quantitative estimate of drug-likeness (QED) is 0.692. The second-order valence-corrected chi connectivity index (χ2v) is 6.66. The molecule has 0 spiro atoms. The third-order valence-corrected chi connectivity index (χ3v) is 5.15. The predicted octanol–water partition coefficient (Wildman–Crippen LogP) is 1.97. The van der Waals surface area contributed by atoms with E-state index in [4.69, 9.17) is 9.47 Å². The van der Waals surface area contributed by atoms with Crippen LogP contribution in [0.25, 0.3) is 0 Å². The maximum Gasteiger partial charge on any atom is 0.323 e. The van der Waals surface area contributed by atoms with Gasteiger partial charge in [0, 0.05) is 17.9 Å². The van der Waals surface area contributed by atoms with E-state index in [2.05, 4.69) is 12.2 Å². The van der Waals surface area contributed by atoms with E-state index in [-0.39, 0.29) is 12.0 Å². The molecule has 1 aliphatic heterocycles. The minimum absolute atomic E-state index is 0.0919. The predicted molar refractivity (Wildman–Crippen MR) is 77.5 cm³/mol. The molecular weight excluding hydrogens is 262 g/mol. The highest BCUT2D eigenvalue weighted by Crippen LogP contribution is 2.27. The molecule has 0 aromatic heterocycles. The number of carbonyl (C=O) groups is 1. The fraction of sp³-hybridized carbons (Fsp3) is 0.929. The van der Waals surface area contributed by atoms with Crippen LogP contribution in [0.1, 0.15) is 39.5 Å². The van der Waals surface area contributed by atoms with Gasteiger partial charge in [-0.2, -0.15) is 11.8 Å². The Hall–Kier alpha value is -0.260. The molecule has 1 aliphatic carbocycles. The van der Waals surface area contributed by atoms with Gasteiger partial charge < -0.3 is 14.8 Å². The molecule has 5 heteroatoms. The Kier molecular flexibility index (Phi) is 5.98. The van der Waals surface area contributed by atoms with E-state index in [9.17, 15) is 4.79 Å². The first kappa shape index (κ1) is 15.1. The molecule has 0 bridgehead atoms. The minimum Gasteiger partial charge on any atom is -0.465 e. The lowest BCUT2D eigenvalue weighted by Crippen LogP contribution is -2.40. The van der Waals surface area contributed by atoms with Crippen molar-refractivity contribution in [3.8, 4) is 0 Å². The number of esters is 1. The van der Waals surface area contributed by atoms with Gasteiger partial charge in [-0.15, -0.1) is 0 Å². The number of thioether (sulfide) groups is 1. The Labute approximate surface area is 120 Å². The molecule has 3 unspecified atom stereocenters. The van der Waals surface area contributed by atoms with E-state index in [1.807, 2.05) is 18.7 Å². The Morgan fingerprint density at radius 2 is 2.26 bits per heavy atom. The average molecular weight is 287 g/mol. The number of hydrogen-bond acceptors (Lipinski definition) is 5. The average Bonchev–Trinajstić information content (AvgIpc) is 3.11. The third-order valence-electron chi connectivity index (χ3n) is 3.63. The van der Waals surface area contributed by atoms with E-state index in [1.165, 1.54) is 12.8 Å². The summed E-state index contributed by atoms with van der Waals surface area (Å²) in [5.41, 5.74) is 0. The van der Waals surface area contributed by atoms with Crippen molar-refractivity contribution in [1.29, 1.82) is 0 Å². The number of nitrogens with one attached hydrogen (secondary N) is 1. The highest BCUT2D eigenvalue weighted by Gasteiger charge is 2.30. The van der Waals surface area contributed by atoms with Gasteiger partial charge in [-0.1, -0.05) is 0 Å². The topological polar surface area (TPSA) is 47.6 Å². The summed E-state index contributed by atoms with van der Waals surface area (Å²) in [5, 5.41) is 3.98. The van der Waals surface area contributed by atoms with Crippen LogP contribution >= 0.6 is 11.8 Å². The molecular formula is C14H25NO3S. The van der Waals surface area contributed by atoms with Crippen molar-refractivity contribution in [1.82, 2.24) is 5.32 Å². The molecule has 1 saturated heterocycles. The van der Waals surface area contributed by atoms with Crippen LogP contribution in [-0.4, -0.2) is 48.4 Å². The van der Waals surface area contributed by atoms with Gasteiger partial charge in [0.15, 0.2) is 0 Å². The van der Waals surface area contributed by atoms with Gasteiger partial charge in [-0.3, -0.25) is 4.79 Å². The van der Waals surface area contributed by atoms with Crippen molar-refractivity contribution in [2.24, 2.45) is 0 Å². The van der Waals surface area contributed by atoms with Crippen LogP contribution in [0.2, 0.25) is 0 Å². The summed E-state index contributed by atoms with van der Waals surface area (Å²) in [5.74, 6) is 0.896. The van der Waals surface area contributed by atoms with E-state index in [1.54, 1.807) is 0 Å². The van der Waals surface area contributed by atoms with Gasteiger partial charge in [-0.25, -0.2) is 0 Å². The second kappa shape index (κ2) is 7.50. The summed E-state index contributed by atoms with van der Waals surface area (Å²) in [6.07, 6.45) is 4.71. The number of rotatable bonds is 8. The highest BCUT2D eigenvalue weighted by atomic mass is 32.2. The van der Waals surface area contributed by atoms with Gasteiger partial charge in [0.25, 0.3) is 0 Å². The highest BCUT2D eigenvalue weighted by molar-refractivity contribution is 7.99. The maximum atomic E-state index is 11.9. The van der Waals surface area contributed by atoms with E-state index in [0.717, 1.165) is 25.2 Å². The lowest BCUT2D eigenvalue weighted by molar-refractivity contribution is -0.145. The van der Waals surface area contributed by atoms with Crippen molar-refractivity contribution in [2.75, 3.05) is 19.0 Å². The molecule has 4 nitrogen and oxygen atoms in total. The fourth-order valence-electron chi connectivity index (χ4n) is 2.31. The van der Waals surface area contributed by atoms with Crippen molar-refractivity contribution >= 4 is 17.7 Å². The molecule has 2 fully saturated rings. The first-order valence-electron chi connectivity index (χ1n) is 7.36. The van der Waals surface area contributed by atoms with Crippen molar-refractivity contribution in [2.45, 2.75) is 63.0 Å². The van der Waals surface area contributed by atoms with Crippen molar-refractivity contribution < 1.29 is 14.3 Å². The summed E-state index contributed by atoms with van der Waals surface area (Å²) in [6, 6.07) is 0.408. The van der Waals surface area contributed by atoms with Gasteiger partial charge in [0.2, 0.25) is 0 Å². The monoisotopic (exact) mass is 287 g/mol. The normalized spacial score (nSPS) is 28.3. The zero-order chi connectivity index (χ0) is 13.7. The Morgan fingerprint density at radius 1 is 1.47 bits per heavy atom. The molecule has 3 atom stereocenters. The zero-order valence-corrected chi connectivity index (χ0v) is 12.7. The minimum atomic E-state index is -0.127. The SMILES string of the molecule is CCOC(=O)C(CCSC1CCOC1C)NC1CC1. The molecule has 2 rings (SSSR count). The summed E-state index contributed by atoms with van der Waals surface area (Å²) in [6.45, 7) is 5.33. The van der Waals surface area contributed by atoms with Gasteiger partial charge in [0.1, 0.15) is 6.04 Å². The third kappa shape index (κ3) is 4.97. The number of hydrogen-bond donors (Lipinski definition) is 1. The van der Waals surface area contributed by atoms with Crippen LogP contribution in [0.5, 0.6) is 0 Å². The van der Waals surface area contributed by atoms with Crippen LogP contribution < -0.4 is 5.32 Å². The van der Waals surface area contributed by atoms with Crippen molar-refractivity contribution in [3.63, 3.8) is 0 Å². The van der Waals surface area contributed by atoms with Crippen LogP contribution in [0.4, 0.5) is 0 Å². The summed E-state index contributed by atoms with van der Waals surface area (Å²) in [4.78, 5) is 11.9. The van der Waals surface area contributed by atoms with E-state index < -0.39 is 0 Å². The molecule has 1 N–H and O–H groups in total. The fourth-order valence-corrected chi connectivity index (χ4v) is 3.60. The lowest BCUT2D eigenvalue weighted by atomic mass is 10.2. The van der Waals surface area contributed by atoms with E-state index in [0.29, 0.717) is 24.0 Å². The van der Waals surface area contributed by atoms with Gasteiger partial charge in [-0.05, 0) is 45.3 Å². The molecule has 0 aromatic carbocycles. The molecule has 0 amide bonds. The number of ether oxygens (including phenoxy) is 2. The number of carbonyl (C=O) groups excluding carboxylic acids is 1. The van der Waals surface area contributed by atoms with Crippen LogP contribution in [0.15, 0.2) is 0 Å². The Morgan fingerprint density at radius 3 is 2.84 bits per heavy atom. The van der Waals surface area contributed by atoms with Crippen LogP contribution in [0, 0.1) is 0 Å². The summed E-state index contributed by atoms with van der Waals surface area (Å²) >= 11 is 1.93. The summed E-state index contributed by atoms with van der Waals surface area (Å²) < 4.78 is 10.7. The molecule has 2 aliphatic rings. The lowest BCUT2D eigenvalue weighted by Gasteiger charge is -2.18. The largest absolute Gasteiger partial charge is 0.465 e. The zero-order valence-electron chi connectivity index (χ0n) is 11.9. The molecule has 0 radical (unpaired) electrons. The van der Waals surface area contributed by atoms with Crippen molar-refractivity contribution in [3.05, 3.63) is 0 Å². The van der Waals surface area contributed by atoms with Gasteiger partial charge in [0.05, 0.1) is 12.7 Å². The smallest absolute Gasteiger partial charge is 0.323 e. The first-order valence-corrected chi connectivity index (χ1v) is 8.41.